The quantitative estimate of drug-likeness (QED) is 0.519. The van der Waals surface area contributed by atoms with Crippen LogP contribution in [0.15, 0.2) is 72.8 Å². The molecule has 5 nitrogen and oxygen atoms in total. The van der Waals surface area contributed by atoms with Gasteiger partial charge in [-0.2, -0.15) is 0 Å². The van der Waals surface area contributed by atoms with Gasteiger partial charge in [-0.05, 0) is 48.4 Å². The van der Waals surface area contributed by atoms with Gasteiger partial charge in [-0.15, -0.1) is 0 Å². The lowest BCUT2D eigenvalue weighted by Gasteiger charge is -2.23. The number of carbonyl (C=O) groups is 2. The predicted molar refractivity (Wildman–Crippen MR) is 113 cm³/mol. The Morgan fingerprint density at radius 1 is 1.00 bits per heavy atom. The van der Waals surface area contributed by atoms with Crippen molar-refractivity contribution in [2.75, 3.05) is 10.6 Å². The van der Waals surface area contributed by atoms with E-state index >= 15 is 0 Å². The number of carbonyl (C=O) groups excluding carboxylic acids is 2. The Balaban J connectivity index is 1.69. The van der Waals surface area contributed by atoms with Gasteiger partial charge in [0.2, 0.25) is 0 Å². The lowest BCUT2D eigenvalue weighted by atomic mass is 9.88. The molecule has 146 valence electrons. The van der Waals surface area contributed by atoms with Crippen molar-refractivity contribution in [1.29, 1.82) is 0 Å². The summed E-state index contributed by atoms with van der Waals surface area (Å²) in [6.07, 6.45) is -0.322. The smallest absolute Gasteiger partial charge is 0.264 e. The van der Waals surface area contributed by atoms with Gasteiger partial charge in [0.15, 0.2) is 11.4 Å². The molecular weight excluding hydrogens is 364 g/mol. The number of hydrogen-bond donors (Lipinski definition) is 2. The normalized spacial score (nSPS) is 18.0. The van der Waals surface area contributed by atoms with Gasteiger partial charge >= 0.3 is 0 Å². The van der Waals surface area contributed by atoms with E-state index in [-0.39, 0.29) is 12.2 Å². The highest BCUT2D eigenvalue weighted by molar-refractivity contribution is 6.10. The molecule has 0 radical (unpaired) electrons. The van der Waals surface area contributed by atoms with Crippen LogP contribution in [0.2, 0.25) is 0 Å². The van der Waals surface area contributed by atoms with Gasteiger partial charge in [-0.1, -0.05) is 42.5 Å². The Morgan fingerprint density at radius 2 is 1.66 bits per heavy atom. The average molecular weight is 386 g/mol. The molecule has 0 unspecified atom stereocenters. The highest BCUT2D eigenvalue weighted by Gasteiger charge is 2.50. The standard InChI is InChI=1S/C24H22N2O3/c1-16-6-2-3-7-18(16)15-26-21-9-5-4-8-20(21)24(29,23(26)28)14-22(27)17-10-12-19(25)13-11-17/h2-13,29H,14-15,25H2,1H3/t24-/m1/s1. The zero-order valence-electron chi connectivity index (χ0n) is 16.1. The van der Waals surface area contributed by atoms with Crippen LogP contribution in [0, 0.1) is 6.92 Å². The van der Waals surface area contributed by atoms with Crippen molar-refractivity contribution in [3.05, 3.63) is 95.1 Å². The van der Waals surface area contributed by atoms with Crippen molar-refractivity contribution in [2.45, 2.75) is 25.5 Å². The number of aryl methyl sites for hydroxylation is 1. The molecule has 0 fully saturated rings. The number of Topliss-reactive ketones (excluding diaryl/α,β-unsaturated/α-hetero) is 1. The third-order valence-corrected chi connectivity index (χ3v) is 5.48. The van der Waals surface area contributed by atoms with Crippen LogP contribution in [-0.4, -0.2) is 16.8 Å². The molecule has 1 aliphatic rings. The number of nitrogens with zero attached hydrogens (tertiary/aromatic N) is 1. The van der Waals surface area contributed by atoms with Crippen molar-refractivity contribution in [1.82, 2.24) is 0 Å². The summed E-state index contributed by atoms with van der Waals surface area (Å²) in [6, 6.07) is 21.4. The Bertz CT molecular complexity index is 1090. The second kappa shape index (κ2) is 7.18. The maximum absolute atomic E-state index is 13.3. The number of rotatable bonds is 5. The number of nitrogens with two attached hydrogens (primary N) is 1. The van der Waals surface area contributed by atoms with Crippen molar-refractivity contribution in [3.63, 3.8) is 0 Å². The van der Waals surface area contributed by atoms with Gasteiger partial charge in [0, 0.05) is 16.8 Å². The molecule has 1 aliphatic heterocycles. The van der Waals surface area contributed by atoms with E-state index < -0.39 is 11.5 Å². The minimum absolute atomic E-state index is 0.312. The van der Waals surface area contributed by atoms with E-state index in [0.717, 1.165) is 11.1 Å². The van der Waals surface area contributed by atoms with Crippen LogP contribution in [0.5, 0.6) is 0 Å². The first kappa shape index (κ1) is 18.9. The highest BCUT2D eigenvalue weighted by Crippen LogP contribution is 2.43. The monoisotopic (exact) mass is 386 g/mol. The number of hydrogen-bond acceptors (Lipinski definition) is 4. The first-order valence-electron chi connectivity index (χ1n) is 9.47. The van der Waals surface area contributed by atoms with E-state index in [1.165, 1.54) is 0 Å². The number of aliphatic hydroxyl groups is 1. The van der Waals surface area contributed by atoms with E-state index in [9.17, 15) is 14.7 Å². The molecule has 29 heavy (non-hydrogen) atoms. The molecule has 0 aliphatic carbocycles. The van der Waals surface area contributed by atoms with Gasteiger partial charge in [-0.3, -0.25) is 9.59 Å². The second-order valence-electron chi connectivity index (χ2n) is 7.42. The zero-order chi connectivity index (χ0) is 20.6. The first-order valence-corrected chi connectivity index (χ1v) is 9.47. The Morgan fingerprint density at radius 3 is 2.38 bits per heavy atom. The van der Waals surface area contributed by atoms with Crippen LogP contribution in [0.25, 0.3) is 0 Å². The summed E-state index contributed by atoms with van der Waals surface area (Å²) in [5.74, 6) is -0.792. The SMILES string of the molecule is Cc1ccccc1CN1C(=O)[C@@](O)(CC(=O)c2ccc(N)cc2)c2ccccc21. The summed E-state index contributed by atoms with van der Waals surface area (Å²) in [7, 11) is 0. The number of nitrogen functional groups attached to an aromatic ring is 1. The number of benzene rings is 3. The molecule has 1 heterocycles. The van der Waals surface area contributed by atoms with E-state index in [1.807, 2.05) is 37.3 Å². The fraction of sp³-hybridized carbons (Fsp3) is 0.167. The van der Waals surface area contributed by atoms with Crippen molar-refractivity contribution in [3.8, 4) is 0 Å². The first-order chi connectivity index (χ1) is 13.9. The largest absolute Gasteiger partial charge is 0.399 e. The summed E-state index contributed by atoms with van der Waals surface area (Å²) in [5, 5.41) is 11.4. The molecule has 0 bridgehead atoms. The van der Waals surface area contributed by atoms with Crippen molar-refractivity contribution < 1.29 is 14.7 Å². The average Bonchev–Trinajstić information content (AvgIpc) is 2.92. The van der Waals surface area contributed by atoms with E-state index in [2.05, 4.69) is 0 Å². The fourth-order valence-electron chi connectivity index (χ4n) is 3.80. The molecule has 4 rings (SSSR count). The molecule has 3 aromatic rings. The van der Waals surface area contributed by atoms with Crippen molar-refractivity contribution in [2.24, 2.45) is 0 Å². The number of fused-ring (bicyclic) bond motifs is 1. The van der Waals surface area contributed by atoms with Crippen LogP contribution in [0.4, 0.5) is 11.4 Å². The molecule has 3 aromatic carbocycles. The molecule has 5 heteroatoms. The van der Waals surface area contributed by atoms with Gasteiger partial charge in [0.25, 0.3) is 5.91 Å². The highest BCUT2D eigenvalue weighted by atomic mass is 16.3. The van der Waals surface area contributed by atoms with Crippen molar-refractivity contribution >= 4 is 23.1 Å². The van der Waals surface area contributed by atoms with Crippen LogP contribution in [-0.2, 0) is 16.9 Å². The molecular formula is C24H22N2O3. The third-order valence-electron chi connectivity index (χ3n) is 5.48. The van der Waals surface area contributed by atoms with Crippen LogP contribution >= 0.6 is 0 Å². The molecule has 0 saturated heterocycles. The topological polar surface area (TPSA) is 83.6 Å². The number of anilines is 2. The Kier molecular flexibility index (Phi) is 4.68. The second-order valence-corrected chi connectivity index (χ2v) is 7.42. The predicted octanol–water partition coefficient (Wildman–Crippen LogP) is 3.58. The fourth-order valence-corrected chi connectivity index (χ4v) is 3.80. The number of amides is 1. The summed E-state index contributed by atoms with van der Waals surface area (Å²) >= 11 is 0. The van der Waals surface area contributed by atoms with Crippen LogP contribution < -0.4 is 10.6 Å². The summed E-state index contributed by atoms with van der Waals surface area (Å²) in [5.41, 5.74) is 7.90. The van der Waals surface area contributed by atoms with Gasteiger partial charge in [-0.25, -0.2) is 0 Å². The molecule has 1 amide bonds. The van der Waals surface area contributed by atoms with Crippen LogP contribution in [0.1, 0.15) is 33.5 Å². The lowest BCUT2D eigenvalue weighted by Crippen LogP contribution is -2.41. The summed E-state index contributed by atoms with van der Waals surface area (Å²) in [6.45, 7) is 2.32. The molecule has 0 spiro atoms. The minimum atomic E-state index is -1.89. The molecule has 1 atom stereocenters. The summed E-state index contributed by atoms with van der Waals surface area (Å²) in [4.78, 5) is 27.7. The third kappa shape index (κ3) is 3.30. The number of para-hydroxylation sites is 1. The Labute approximate surface area is 169 Å². The lowest BCUT2D eigenvalue weighted by molar-refractivity contribution is -0.136. The Hall–Kier alpha value is -3.44. The van der Waals surface area contributed by atoms with Gasteiger partial charge in [0.1, 0.15) is 0 Å². The van der Waals surface area contributed by atoms with E-state index in [1.54, 1.807) is 47.4 Å². The maximum atomic E-state index is 13.3. The van der Waals surface area contributed by atoms with Gasteiger partial charge in [0.05, 0.1) is 18.7 Å². The molecule has 0 aromatic heterocycles. The molecule has 3 N–H and O–H groups in total. The number of ketones is 1. The zero-order valence-corrected chi connectivity index (χ0v) is 16.1. The molecule has 0 saturated carbocycles. The van der Waals surface area contributed by atoms with E-state index in [4.69, 9.17) is 5.73 Å². The summed E-state index contributed by atoms with van der Waals surface area (Å²) < 4.78 is 0. The van der Waals surface area contributed by atoms with E-state index in [0.29, 0.717) is 29.0 Å². The van der Waals surface area contributed by atoms with Crippen LogP contribution in [0.3, 0.4) is 0 Å². The maximum Gasteiger partial charge on any atom is 0.264 e. The minimum Gasteiger partial charge on any atom is -0.399 e. The van der Waals surface area contributed by atoms with Gasteiger partial charge < -0.3 is 15.7 Å².